The van der Waals surface area contributed by atoms with Crippen LogP contribution in [0.4, 0.5) is 11.4 Å². The summed E-state index contributed by atoms with van der Waals surface area (Å²) in [6.45, 7) is 8.63. The average molecular weight is 440 g/mol. The summed E-state index contributed by atoms with van der Waals surface area (Å²) in [5.41, 5.74) is 3.37. The number of carbonyl (C=O) groups excluding carboxylic acids is 2. The van der Waals surface area contributed by atoms with Gasteiger partial charge in [0.05, 0.1) is 7.11 Å². The van der Waals surface area contributed by atoms with Crippen LogP contribution in [-0.4, -0.2) is 44.0 Å². The Morgan fingerprint density at radius 3 is 2.22 bits per heavy atom. The van der Waals surface area contributed by atoms with Crippen molar-refractivity contribution in [2.45, 2.75) is 53.1 Å². The van der Waals surface area contributed by atoms with E-state index in [0.717, 1.165) is 29.1 Å². The first-order valence-electron chi connectivity index (χ1n) is 11.2. The molecule has 6 heteroatoms. The van der Waals surface area contributed by atoms with Gasteiger partial charge in [0.2, 0.25) is 5.91 Å². The number of carbonyl (C=O) groups is 2. The van der Waals surface area contributed by atoms with Gasteiger partial charge in [-0.25, -0.2) is 0 Å². The van der Waals surface area contributed by atoms with E-state index in [-0.39, 0.29) is 17.9 Å². The van der Waals surface area contributed by atoms with Gasteiger partial charge in [0, 0.05) is 50.0 Å². The van der Waals surface area contributed by atoms with Gasteiger partial charge in [0.1, 0.15) is 5.75 Å². The van der Waals surface area contributed by atoms with Gasteiger partial charge in [-0.2, -0.15) is 0 Å². The quantitative estimate of drug-likeness (QED) is 0.554. The number of benzene rings is 2. The first-order chi connectivity index (χ1) is 15.2. The minimum atomic E-state index is -0.0269. The molecule has 174 valence electrons. The zero-order valence-corrected chi connectivity index (χ0v) is 20.4. The van der Waals surface area contributed by atoms with Gasteiger partial charge < -0.3 is 19.9 Å². The largest absolute Gasteiger partial charge is 0.497 e. The van der Waals surface area contributed by atoms with Crippen LogP contribution < -0.4 is 15.0 Å². The summed E-state index contributed by atoms with van der Waals surface area (Å²) in [7, 11) is 5.57. The molecule has 0 saturated carbocycles. The zero-order valence-electron chi connectivity index (χ0n) is 20.4. The molecule has 0 spiro atoms. The summed E-state index contributed by atoms with van der Waals surface area (Å²) in [5.74, 6) is 0.979. The molecule has 0 heterocycles. The van der Waals surface area contributed by atoms with E-state index >= 15 is 0 Å². The minimum Gasteiger partial charge on any atom is -0.497 e. The highest BCUT2D eigenvalue weighted by atomic mass is 16.5. The third kappa shape index (κ3) is 6.74. The molecular formula is C26H37N3O3. The molecule has 0 bridgehead atoms. The zero-order chi connectivity index (χ0) is 23.8. The van der Waals surface area contributed by atoms with E-state index < -0.39 is 0 Å². The fourth-order valence-corrected chi connectivity index (χ4v) is 3.54. The lowest BCUT2D eigenvalue weighted by Gasteiger charge is -2.31. The Kier molecular flexibility index (Phi) is 9.12. The van der Waals surface area contributed by atoms with Crippen LogP contribution in [0.1, 0.15) is 56.5 Å². The summed E-state index contributed by atoms with van der Waals surface area (Å²) >= 11 is 0. The van der Waals surface area contributed by atoms with Crippen LogP contribution in [0.3, 0.4) is 0 Å². The van der Waals surface area contributed by atoms with E-state index in [2.05, 4.69) is 19.2 Å². The van der Waals surface area contributed by atoms with Crippen LogP contribution in [0.5, 0.6) is 5.75 Å². The maximum Gasteiger partial charge on any atom is 0.254 e. The molecule has 1 N–H and O–H groups in total. The van der Waals surface area contributed by atoms with E-state index in [1.807, 2.05) is 55.9 Å². The highest BCUT2D eigenvalue weighted by Gasteiger charge is 2.23. The number of nitrogens with zero attached hydrogens (tertiary/aromatic N) is 2. The van der Waals surface area contributed by atoms with Crippen molar-refractivity contribution in [2.75, 3.05) is 31.4 Å². The topological polar surface area (TPSA) is 61.9 Å². The van der Waals surface area contributed by atoms with E-state index in [1.54, 1.807) is 31.4 Å². The van der Waals surface area contributed by atoms with Crippen LogP contribution >= 0.6 is 0 Å². The number of hydrogen-bond donors (Lipinski definition) is 1. The van der Waals surface area contributed by atoms with Gasteiger partial charge in [-0.1, -0.05) is 20.8 Å². The molecule has 0 saturated heterocycles. The standard InChI is InChI=1S/C26H37N3O3/c1-8-19(4)29(26(31)20-9-12-23(32-7)13-10-20)17-21-16-22(11-14-24(21)28(5)6)27-25(30)15-18(2)3/h9-14,16,18-19H,8,15,17H2,1-7H3,(H,27,30). The van der Waals surface area contributed by atoms with Crippen molar-refractivity contribution in [2.24, 2.45) is 5.92 Å². The molecule has 2 aromatic rings. The third-order valence-corrected chi connectivity index (χ3v) is 5.50. The Morgan fingerprint density at radius 2 is 1.69 bits per heavy atom. The molecule has 2 amide bonds. The first kappa shape index (κ1) is 25.2. The molecule has 0 fully saturated rings. The van der Waals surface area contributed by atoms with Crippen molar-refractivity contribution in [3.63, 3.8) is 0 Å². The second-order valence-electron chi connectivity index (χ2n) is 8.80. The second kappa shape index (κ2) is 11.6. The van der Waals surface area contributed by atoms with Gasteiger partial charge in [-0.05, 0) is 67.3 Å². The maximum absolute atomic E-state index is 13.4. The molecule has 0 aliphatic rings. The van der Waals surface area contributed by atoms with Crippen molar-refractivity contribution in [1.82, 2.24) is 4.90 Å². The SMILES string of the molecule is CCC(C)N(Cc1cc(NC(=O)CC(C)C)ccc1N(C)C)C(=O)c1ccc(OC)cc1. The van der Waals surface area contributed by atoms with E-state index in [9.17, 15) is 9.59 Å². The van der Waals surface area contributed by atoms with E-state index in [4.69, 9.17) is 4.74 Å². The van der Waals surface area contributed by atoms with E-state index in [1.165, 1.54) is 0 Å². The normalized spacial score (nSPS) is 11.8. The monoisotopic (exact) mass is 439 g/mol. The summed E-state index contributed by atoms with van der Waals surface area (Å²) in [5, 5.41) is 3.00. The van der Waals surface area contributed by atoms with Crippen molar-refractivity contribution in [3.8, 4) is 5.75 Å². The average Bonchev–Trinajstić information content (AvgIpc) is 2.75. The summed E-state index contributed by atoms with van der Waals surface area (Å²) in [6.07, 6.45) is 1.31. The van der Waals surface area contributed by atoms with Gasteiger partial charge >= 0.3 is 0 Å². The van der Waals surface area contributed by atoms with Crippen molar-refractivity contribution in [1.29, 1.82) is 0 Å². The lowest BCUT2D eigenvalue weighted by atomic mass is 10.1. The number of amides is 2. The smallest absolute Gasteiger partial charge is 0.254 e. The molecule has 0 aromatic heterocycles. The van der Waals surface area contributed by atoms with Crippen molar-refractivity contribution >= 4 is 23.2 Å². The highest BCUT2D eigenvalue weighted by Crippen LogP contribution is 2.27. The number of nitrogens with one attached hydrogen (secondary N) is 1. The van der Waals surface area contributed by atoms with Crippen molar-refractivity contribution in [3.05, 3.63) is 53.6 Å². The fourth-order valence-electron chi connectivity index (χ4n) is 3.54. The molecule has 1 atom stereocenters. The number of rotatable bonds is 10. The Morgan fingerprint density at radius 1 is 1.03 bits per heavy atom. The molecule has 0 aliphatic heterocycles. The van der Waals surface area contributed by atoms with Crippen LogP contribution in [0, 0.1) is 5.92 Å². The number of anilines is 2. The molecule has 2 aromatic carbocycles. The number of methoxy groups -OCH3 is 1. The Bertz CT molecular complexity index is 907. The van der Waals surface area contributed by atoms with Gasteiger partial charge in [0.15, 0.2) is 0 Å². The molecule has 0 radical (unpaired) electrons. The number of hydrogen-bond acceptors (Lipinski definition) is 4. The second-order valence-corrected chi connectivity index (χ2v) is 8.80. The Labute approximate surface area is 192 Å². The third-order valence-electron chi connectivity index (χ3n) is 5.50. The number of ether oxygens (including phenoxy) is 1. The predicted molar refractivity (Wildman–Crippen MR) is 131 cm³/mol. The lowest BCUT2D eigenvalue weighted by Crippen LogP contribution is -2.38. The van der Waals surface area contributed by atoms with Gasteiger partial charge in [0.25, 0.3) is 5.91 Å². The Balaban J connectivity index is 2.36. The summed E-state index contributed by atoms with van der Waals surface area (Å²) in [6, 6.07) is 13.1. The predicted octanol–water partition coefficient (Wildman–Crippen LogP) is 5.19. The molecule has 32 heavy (non-hydrogen) atoms. The molecular weight excluding hydrogens is 402 g/mol. The van der Waals surface area contributed by atoms with Crippen LogP contribution in [0.15, 0.2) is 42.5 Å². The maximum atomic E-state index is 13.4. The molecule has 0 aliphatic carbocycles. The summed E-state index contributed by atoms with van der Waals surface area (Å²) < 4.78 is 5.22. The molecule has 1 unspecified atom stereocenters. The van der Waals surface area contributed by atoms with Gasteiger partial charge in [-0.15, -0.1) is 0 Å². The summed E-state index contributed by atoms with van der Waals surface area (Å²) in [4.78, 5) is 29.6. The van der Waals surface area contributed by atoms with Crippen LogP contribution in [0.2, 0.25) is 0 Å². The molecule has 2 rings (SSSR count). The Hall–Kier alpha value is -3.02. The lowest BCUT2D eigenvalue weighted by molar-refractivity contribution is -0.116. The van der Waals surface area contributed by atoms with Crippen LogP contribution in [-0.2, 0) is 11.3 Å². The van der Waals surface area contributed by atoms with Gasteiger partial charge in [-0.3, -0.25) is 9.59 Å². The van der Waals surface area contributed by atoms with Crippen LogP contribution in [0.25, 0.3) is 0 Å². The highest BCUT2D eigenvalue weighted by molar-refractivity contribution is 5.95. The minimum absolute atomic E-state index is 0.00311. The van der Waals surface area contributed by atoms with Crippen molar-refractivity contribution < 1.29 is 14.3 Å². The molecule has 6 nitrogen and oxygen atoms in total. The fraction of sp³-hybridized carbons (Fsp3) is 0.462. The first-order valence-corrected chi connectivity index (χ1v) is 11.2. The van der Waals surface area contributed by atoms with E-state index in [0.29, 0.717) is 24.4 Å².